The fourth-order valence-electron chi connectivity index (χ4n) is 5.35. The van der Waals surface area contributed by atoms with Crippen molar-refractivity contribution in [3.8, 4) is 11.5 Å². The average molecular weight is 497 g/mol. The molecule has 2 heterocycles. The van der Waals surface area contributed by atoms with Crippen LogP contribution in [0.1, 0.15) is 49.9 Å². The molecule has 2 aliphatic heterocycles. The minimum absolute atomic E-state index is 0.0464. The first-order valence-corrected chi connectivity index (χ1v) is 12.4. The van der Waals surface area contributed by atoms with Crippen molar-refractivity contribution < 1.29 is 28.9 Å². The zero-order valence-corrected chi connectivity index (χ0v) is 21.7. The lowest BCUT2D eigenvalue weighted by atomic mass is 9.79. The van der Waals surface area contributed by atoms with E-state index in [2.05, 4.69) is 4.90 Å². The topological polar surface area (TPSA) is 88.5 Å². The van der Waals surface area contributed by atoms with E-state index >= 15 is 0 Å². The van der Waals surface area contributed by atoms with Gasteiger partial charge in [0.05, 0.1) is 26.2 Å². The maximum Gasteiger partial charge on any atom is 0.410 e. The smallest absolute Gasteiger partial charge is 0.410 e. The van der Waals surface area contributed by atoms with E-state index < -0.39 is 29.6 Å². The molecule has 1 fully saturated rings. The third-order valence-electron chi connectivity index (χ3n) is 7.02. The van der Waals surface area contributed by atoms with Gasteiger partial charge in [-0.15, -0.1) is 0 Å². The maximum atomic E-state index is 13.5. The van der Waals surface area contributed by atoms with Gasteiger partial charge in [-0.25, -0.2) is 4.79 Å². The number of carbonyl (C=O) groups excluding carboxylic acids is 1. The minimum atomic E-state index is -0.904. The number of hydrogen-bond acceptors (Lipinski definition) is 6. The average Bonchev–Trinajstić information content (AvgIpc) is 2.85. The lowest BCUT2D eigenvalue weighted by Gasteiger charge is -2.48. The number of methoxy groups -OCH3 is 2. The molecule has 0 aromatic heterocycles. The molecular weight excluding hydrogens is 460 g/mol. The molecule has 1 amide bonds. The standard InChI is InChI=1S/C28H36N2O6/c1-28(2,3)36-27(33)30(16-18-9-7-6-8-10-18)23-15-22-20-14-25(35-5)24(34-4)13-19(20)11-12-29(22)17-21(23)26(31)32/h6-10,13-14,21-23H,11-12,15-17H2,1-5H3,(H,31,32). The predicted molar refractivity (Wildman–Crippen MR) is 135 cm³/mol. The summed E-state index contributed by atoms with van der Waals surface area (Å²) in [6.45, 7) is 6.83. The Morgan fingerprint density at radius 1 is 1.08 bits per heavy atom. The molecule has 1 N–H and O–H groups in total. The van der Waals surface area contributed by atoms with Crippen LogP contribution < -0.4 is 9.47 Å². The summed E-state index contributed by atoms with van der Waals surface area (Å²) in [5.74, 6) is -0.319. The summed E-state index contributed by atoms with van der Waals surface area (Å²) < 4.78 is 16.8. The number of amides is 1. The van der Waals surface area contributed by atoms with Gasteiger partial charge in [-0.2, -0.15) is 0 Å². The molecule has 8 heteroatoms. The number of piperidine rings is 1. The summed E-state index contributed by atoms with van der Waals surface area (Å²) >= 11 is 0. The van der Waals surface area contributed by atoms with E-state index in [9.17, 15) is 14.7 Å². The first-order chi connectivity index (χ1) is 17.1. The third kappa shape index (κ3) is 5.43. The molecule has 194 valence electrons. The monoisotopic (exact) mass is 496 g/mol. The van der Waals surface area contributed by atoms with E-state index in [1.165, 1.54) is 0 Å². The van der Waals surface area contributed by atoms with Crippen LogP contribution in [-0.2, 0) is 22.5 Å². The van der Waals surface area contributed by atoms with Gasteiger partial charge in [0.1, 0.15) is 5.60 Å². The number of nitrogens with zero attached hydrogens (tertiary/aromatic N) is 2. The number of hydrogen-bond donors (Lipinski definition) is 1. The van der Waals surface area contributed by atoms with Crippen molar-refractivity contribution in [1.82, 2.24) is 9.80 Å². The van der Waals surface area contributed by atoms with Crippen LogP contribution in [0.2, 0.25) is 0 Å². The van der Waals surface area contributed by atoms with Gasteiger partial charge in [-0.1, -0.05) is 30.3 Å². The molecule has 4 rings (SSSR count). The quantitative estimate of drug-likeness (QED) is 0.629. The SMILES string of the molecule is COc1cc2c(cc1OC)C1CC(N(Cc3ccccc3)C(=O)OC(C)(C)C)C(C(=O)O)CN1CC2. The Morgan fingerprint density at radius 3 is 2.36 bits per heavy atom. The van der Waals surface area contributed by atoms with Gasteiger partial charge in [-0.3, -0.25) is 14.6 Å². The van der Waals surface area contributed by atoms with Gasteiger partial charge in [-0.05, 0) is 62.4 Å². The highest BCUT2D eigenvalue weighted by atomic mass is 16.6. The van der Waals surface area contributed by atoms with Crippen molar-refractivity contribution >= 4 is 12.1 Å². The van der Waals surface area contributed by atoms with Gasteiger partial charge in [0.25, 0.3) is 0 Å². The van der Waals surface area contributed by atoms with Crippen molar-refractivity contribution in [1.29, 1.82) is 0 Å². The largest absolute Gasteiger partial charge is 0.493 e. The molecular formula is C28H36N2O6. The maximum absolute atomic E-state index is 13.5. The van der Waals surface area contributed by atoms with Crippen molar-refractivity contribution in [2.75, 3.05) is 27.3 Å². The number of aliphatic carboxylic acids is 1. The molecule has 36 heavy (non-hydrogen) atoms. The highest BCUT2D eigenvalue weighted by molar-refractivity contribution is 5.74. The molecule has 0 saturated carbocycles. The predicted octanol–water partition coefficient (Wildman–Crippen LogP) is 4.51. The van der Waals surface area contributed by atoms with E-state index in [0.29, 0.717) is 24.5 Å². The molecule has 0 spiro atoms. The van der Waals surface area contributed by atoms with E-state index in [1.807, 2.05) is 63.2 Å². The summed E-state index contributed by atoms with van der Waals surface area (Å²) in [6.07, 6.45) is 0.772. The molecule has 0 bridgehead atoms. The van der Waals surface area contributed by atoms with Gasteiger partial charge in [0.2, 0.25) is 0 Å². The fraction of sp³-hybridized carbons (Fsp3) is 0.500. The Kier molecular flexibility index (Phi) is 7.45. The van der Waals surface area contributed by atoms with Crippen LogP contribution in [0.5, 0.6) is 11.5 Å². The van der Waals surface area contributed by atoms with Crippen LogP contribution in [0.15, 0.2) is 42.5 Å². The van der Waals surface area contributed by atoms with E-state index in [-0.39, 0.29) is 12.6 Å². The Bertz CT molecular complexity index is 1100. The molecule has 0 radical (unpaired) electrons. The summed E-state index contributed by atoms with van der Waals surface area (Å²) in [4.78, 5) is 29.8. The highest BCUT2D eigenvalue weighted by Gasteiger charge is 2.46. The molecule has 2 aromatic rings. The number of ether oxygens (including phenoxy) is 3. The van der Waals surface area contributed by atoms with Crippen molar-refractivity contribution in [2.45, 2.75) is 57.8 Å². The normalized spacial score (nSPS) is 21.6. The Balaban J connectivity index is 1.73. The molecule has 2 aliphatic rings. The van der Waals surface area contributed by atoms with Crippen LogP contribution in [0.4, 0.5) is 4.79 Å². The summed E-state index contributed by atoms with van der Waals surface area (Å²) in [5, 5.41) is 10.2. The van der Waals surface area contributed by atoms with Gasteiger partial charge in [0.15, 0.2) is 11.5 Å². The Hall–Kier alpha value is -3.26. The highest BCUT2D eigenvalue weighted by Crippen LogP contribution is 2.44. The lowest BCUT2D eigenvalue weighted by molar-refractivity contribution is -0.148. The van der Waals surface area contributed by atoms with E-state index in [0.717, 1.165) is 29.7 Å². The number of carbonyl (C=O) groups is 2. The second kappa shape index (κ2) is 10.4. The van der Waals surface area contributed by atoms with Crippen LogP contribution in [0.25, 0.3) is 0 Å². The molecule has 2 aromatic carbocycles. The lowest BCUT2D eigenvalue weighted by Crippen LogP contribution is -2.57. The number of carboxylic acid groups (broad SMARTS) is 1. The van der Waals surface area contributed by atoms with Crippen LogP contribution in [-0.4, -0.2) is 65.9 Å². The molecule has 8 nitrogen and oxygen atoms in total. The van der Waals surface area contributed by atoms with Crippen LogP contribution in [0.3, 0.4) is 0 Å². The Morgan fingerprint density at radius 2 is 1.75 bits per heavy atom. The number of fused-ring (bicyclic) bond motifs is 3. The minimum Gasteiger partial charge on any atom is -0.493 e. The summed E-state index contributed by atoms with van der Waals surface area (Å²) in [5.41, 5.74) is 2.47. The summed E-state index contributed by atoms with van der Waals surface area (Å²) in [7, 11) is 3.23. The molecule has 1 saturated heterocycles. The van der Waals surface area contributed by atoms with Crippen LogP contribution >= 0.6 is 0 Å². The van der Waals surface area contributed by atoms with Gasteiger partial charge < -0.3 is 19.3 Å². The van der Waals surface area contributed by atoms with Gasteiger partial charge in [0, 0.05) is 25.7 Å². The molecule has 3 atom stereocenters. The first kappa shape index (κ1) is 25.8. The van der Waals surface area contributed by atoms with Gasteiger partial charge >= 0.3 is 12.1 Å². The van der Waals surface area contributed by atoms with Crippen molar-refractivity contribution in [3.05, 3.63) is 59.2 Å². The van der Waals surface area contributed by atoms with E-state index in [4.69, 9.17) is 14.2 Å². The van der Waals surface area contributed by atoms with E-state index in [1.54, 1.807) is 19.1 Å². The molecule has 3 unspecified atom stereocenters. The zero-order valence-electron chi connectivity index (χ0n) is 21.7. The number of carboxylic acids is 1. The molecule has 0 aliphatic carbocycles. The third-order valence-corrected chi connectivity index (χ3v) is 7.02. The fourth-order valence-corrected chi connectivity index (χ4v) is 5.35. The Labute approximate surface area is 212 Å². The second-order valence-electron chi connectivity index (χ2n) is 10.5. The summed E-state index contributed by atoms with van der Waals surface area (Å²) in [6, 6.07) is 13.0. The first-order valence-electron chi connectivity index (χ1n) is 12.4. The number of rotatable bonds is 6. The van der Waals surface area contributed by atoms with Crippen molar-refractivity contribution in [2.24, 2.45) is 5.92 Å². The zero-order chi connectivity index (χ0) is 26.0. The van der Waals surface area contributed by atoms with Crippen molar-refractivity contribution in [3.63, 3.8) is 0 Å². The second-order valence-corrected chi connectivity index (χ2v) is 10.5. The van der Waals surface area contributed by atoms with Crippen LogP contribution in [0, 0.1) is 5.92 Å². The number of benzene rings is 2.